The Morgan fingerprint density at radius 2 is 1.94 bits per heavy atom. The number of hydrogen-bond acceptors (Lipinski definition) is 2. The van der Waals surface area contributed by atoms with Crippen molar-refractivity contribution in [1.29, 1.82) is 0 Å². The summed E-state index contributed by atoms with van der Waals surface area (Å²) in [6, 6.07) is 6.42. The molecule has 1 aromatic rings. The van der Waals surface area contributed by atoms with Crippen LogP contribution in [0.1, 0.15) is 17.5 Å². The first kappa shape index (κ1) is 12.0. The van der Waals surface area contributed by atoms with Crippen LogP contribution in [0.3, 0.4) is 0 Å². The molecule has 0 saturated carbocycles. The van der Waals surface area contributed by atoms with Crippen molar-refractivity contribution in [3.63, 3.8) is 0 Å². The van der Waals surface area contributed by atoms with Gasteiger partial charge in [0.1, 0.15) is 0 Å². The summed E-state index contributed by atoms with van der Waals surface area (Å²) in [5.41, 5.74) is 3.69. The second-order valence-corrected chi connectivity index (χ2v) is 4.88. The zero-order valence-electron chi connectivity index (χ0n) is 10.9. The van der Waals surface area contributed by atoms with E-state index in [2.05, 4.69) is 36.9 Å². The molecular formula is C14H20N2O. The third kappa shape index (κ3) is 2.60. The van der Waals surface area contributed by atoms with E-state index in [-0.39, 0.29) is 5.91 Å². The van der Waals surface area contributed by atoms with Crippen molar-refractivity contribution in [3.8, 4) is 0 Å². The summed E-state index contributed by atoms with van der Waals surface area (Å²) in [4.78, 5) is 15.9. The van der Waals surface area contributed by atoms with Gasteiger partial charge in [-0.2, -0.15) is 0 Å². The van der Waals surface area contributed by atoms with Crippen molar-refractivity contribution < 1.29 is 4.79 Å². The molecule has 1 aromatic carbocycles. The Hall–Kier alpha value is -1.51. The fraction of sp³-hybridized carbons (Fsp3) is 0.500. The predicted molar refractivity (Wildman–Crippen MR) is 70.4 cm³/mol. The lowest BCUT2D eigenvalue weighted by atomic mass is 10.1. The van der Waals surface area contributed by atoms with Crippen LogP contribution in [0.4, 0.5) is 5.69 Å². The van der Waals surface area contributed by atoms with E-state index in [0.717, 1.165) is 19.5 Å². The molecule has 1 aliphatic rings. The number of carbonyl (C=O) groups is 1. The van der Waals surface area contributed by atoms with E-state index in [4.69, 9.17) is 0 Å². The van der Waals surface area contributed by atoms with Gasteiger partial charge in [0.05, 0.1) is 6.54 Å². The monoisotopic (exact) mass is 232 g/mol. The minimum absolute atomic E-state index is 0.211. The van der Waals surface area contributed by atoms with Gasteiger partial charge in [-0.05, 0) is 37.5 Å². The number of nitrogens with zero attached hydrogens (tertiary/aromatic N) is 2. The minimum Gasteiger partial charge on any atom is -0.362 e. The Labute approximate surface area is 103 Å². The molecule has 0 spiro atoms. The fourth-order valence-electron chi connectivity index (χ4n) is 2.25. The Kier molecular flexibility index (Phi) is 3.36. The van der Waals surface area contributed by atoms with Crippen LogP contribution in [0.2, 0.25) is 0 Å². The number of carbonyl (C=O) groups excluding carboxylic acids is 1. The largest absolute Gasteiger partial charge is 0.362 e. The first-order valence-corrected chi connectivity index (χ1v) is 6.14. The number of aryl methyl sites for hydroxylation is 2. The van der Waals surface area contributed by atoms with Gasteiger partial charge in [-0.15, -0.1) is 0 Å². The number of likely N-dealkylation sites (N-methyl/N-ethyl adjacent to an activating group) is 1. The molecule has 2 rings (SSSR count). The van der Waals surface area contributed by atoms with E-state index in [1.807, 2.05) is 11.9 Å². The number of benzene rings is 1. The maximum absolute atomic E-state index is 11.9. The lowest BCUT2D eigenvalue weighted by Gasteiger charge is -2.24. The van der Waals surface area contributed by atoms with Gasteiger partial charge >= 0.3 is 0 Å². The predicted octanol–water partition coefficient (Wildman–Crippen LogP) is 1.97. The Balaban J connectivity index is 2.26. The summed E-state index contributed by atoms with van der Waals surface area (Å²) < 4.78 is 0. The van der Waals surface area contributed by atoms with Crippen molar-refractivity contribution in [3.05, 3.63) is 29.3 Å². The minimum atomic E-state index is 0.211. The highest BCUT2D eigenvalue weighted by molar-refractivity contribution is 5.82. The van der Waals surface area contributed by atoms with Gasteiger partial charge in [-0.3, -0.25) is 4.79 Å². The van der Waals surface area contributed by atoms with Crippen molar-refractivity contribution in [2.45, 2.75) is 20.3 Å². The first-order chi connectivity index (χ1) is 8.08. The molecule has 1 saturated heterocycles. The van der Waals surface area contributed by atoms with Crippen LogP contribution in [-0.2, 0) is 4.79 Å². The van der Waals surface area contributed by atoms with Gasteiger partial charge in [0.2, 0.25) is 5.91 Å². The van der Waals surface area contributed by atoms with E-state index < -0.39 is 0 Å². The summed E-state index contributed by atoms with van der Waals surface area (Å²) in [5, 5.41) is 0. The third-order valence-corrected chi connectivity index (χ3v) is 3.38. The Morgan fingerprint density at radius 3 is 2.71 bits per heavy atom. The molecule has 3 heteroatoms. The second kappa shape index (κ2) is 4.78. The highest BCUT2D eigenvalue weighted by atomic mass is 16.2. The van der Waals surface area contributed by atoms with E-state index >= 15 is 0 Å². The summed E-state index contributed by atoms with van der Waals surface area (Å²) in [6.45, 7) is 6.52. The normalized spacial score (nSPS) is 17.2. The van der Waals surface area contributed by atoms with E-state index in [1.165, 1.54) is 16.8 Å². The van der Waals surface area contributed by atoms with Crippen LogP contribution in [0.15, 0.2) is 18.2 Å². The highest BCUT2D eigenvalue weighted by Crippen LogP contribution is 2.22. The molecule has 3 nitrogen and oxygen atoms in total. The average molecular weight is 232 g/mol. The smallest absolute Gasteiger partial charge is 0.241 e. The third-order valence-electron chi connectivity index (χ3n) is 3.38. The lowest BCUT2D eigenvalue weighted by Crippen LogP contribution is -2.34. The molecule has 1 fully saturated rings. The van der Waals surface area contributed by atoms with Crippen LogP contribution >= 0.6 is 0 Å². The summed E-state index contributed by atoms with van der Waals surface area (Å²) >= 11 is 0. The quantitative estimate of drug-likeness (QED) is 0.739. The zero-order chi connectivity index (χ0) is 12.4. The van der Waals surface area contributed by atoms with Crippen molar-refractivity contribution in [2.75, 3.05) is 31.6 Å². The van der Waals surface area contributed by atoms with Gasteiger partial charge in [-0.25, -0.2) is 0 Å². The Morgan fingerprint density at radius 1 is 1.18 bits per heavy atom. The summed E-state index contributed by atoms with van der Waals surface area (Å²) in [6.07, 6.45) is 1.04. The molecule has 0 unspecified atom stereocenters. The number of hydrogen-bond donors (Lipinski definition) is 0. The average Bonchev–Trinajstić information content (AvgIpc) is 2.45. The molecule has 0 N–H and O–H groups in total. The Bertz CT molecular complexity index is 428. The standard InChI is InChI=1S/C14H20N2O/c1-11-5-6-12(2)13(9-11)16-8-4-7-15(3)14(17)10-16/h5-6,9H,4,7-8,10H2,1-3H3. The van der Waals surface area contributed by atoms with E-state index in [0.29, 0.717) is 6.54 Å². The molecule has 0 aromatic heterocycles. The summed E-state index contributed by atoms with van der Waals surface area (Å²) in [5.74, 6) is 0.211. The van der Waals surface area contributed by atoms with Gasteiger partial charge in [0.15, 0.2) is 0 Å². The van der Waals surface area contributed by atoms with Crippen LogP contribution in [-0.4, -0.2) is 37.5 Å². The maximum Gasteiger partial charge on any atom is 0.241 e. The molecule has 17 heavy (non-hydrogen) atoms. The number of anilines is 1. The van der Waals surface area contributed by atoms with Crippen LogP contribution < -0.4 is 4.90 Å². The van der Waals surface area contributed by atoms with Gasteiger partial charge < -0.3 is 9.80 Å². The first-order valence-electron chi connectivity index (χ1n) is 6.14. The van der Waals surface area contributed by atoms with E-state index in [9.17, 15) is 4.79 Å². The highest BCUT2D eigenvalue weighted by Gasteiger charge is 2.20. The molecule has 0 radical (unpaired) electrons. The maximum atomic E-state index is 11.9. The van der Waals surface area contributed by atoms with Crippen molar-refractivity contribution in [2.24, 2.45) is 0 Å². The fourth-order valence-corrected chi connectivity index (χ4v) is 2.25. The molecular weight excluding hydrogens is 212 g/mol. The summed E-state index contributed by atoms with van der Waals surface area (Å²) in [7, 11) is 1.88. The van der Waals surface area contributed by atoms with Crippen molar-refractivity contribution in [1.82, 2.24) is 4.90 Å². The molecule has 0 bridgehead atoms. The molecule has 1 aliphatic heterocycles. The van der Waals surface area contributed by atoms with Gasteiger partial charge in [0, 0.05) is 25.8 Å². The SMILES string of the molecule is Cc1ccc(C)c(N2CCCN(C)C(=O)C2)c1. The van der Waals surface area contributed by atoms with Crippen LogP contribution in [0.5, 0.6) is 0 Å². The molecule has 92 valence electrons. The number of amides is 1. The van der Waals surface area contributed by atoms with Gasteiger partial charge in [0.25, 0.3) is 0 Å². The molecule has 1 amide bonds. The topological polar surface area (TPSA) is 23.6 Å². The van der Waals surface area contributed by atoms with Gasteiger partial charge in [-0.1, -0.05) is 12.1 Å². The zero-order valence-corrected chi connectivity index (χ0v) is 10.9. The molecule has 0 atom stereocenters. The van der Waals surface area contributed by atoms with Crippen LogP contribution in [0.25, 0.3) is 0 Å². The second-order valence-electron chi connectivity index (χ2n) is 4.88. The lowest BCUT2D eigenvalue weighted by molar-refractivity contribution is -0.127. The van der Waals surface area contributed by atoms with Crippen molar-refractivity contribution >= 4 is 11.6 Å². The molecule has 1 heterocycles. The molecule has 0 aliphatic carbocycles. The van der Waals surface area contributed by atoms with Crippen LogP contribution in [0, 0.1) is 13.8 Å². The number of rotatable bonds is 1. The van der Waals surface area contributed by atoms with E-state index in [1.54, 1.807) is 0 Å².